The fraction of sp³-hybridized carbons (Fsp3) is 0.333. The molecule has 118 valence electrons. The molecular weight excluding hydrogens is 286 g/mol. The van der Waals surface area contributed by atoms with Gasteiger partial charge in [-0.25, -0.2) is 0 Å². The van der Waals surface area contributed by atoms with Gasteiger partial charge in [0, 0.05) is 25.9 Å². The molecular formula is C15H19N3O4. The second-order valence-electron chi connectivity index (χ2n) is 4.69. The molecule has 0 aliphatic rings. The molecule has 1 aromatic heterocycles. The monoisotopic (exact) mass is 305 g/mol. The lowest BCUT2D eigenvalue weighted by molar-refractivity contribution is 0.0836. The molecule has 0 fully saturated rings. The minimum Gasteiger partial charge on any atom is -0.497 e. The van der Waals surface area contributed by atoms with Gasteiger partial charge in [-0.3, -0.25) is 9.48 Å². The van der Waals surface area contributed by atoms with E-state index in [2.05, 4.69) is 10.4 Å². The van der Waals surface area contributed by atoms with Crippen molar-refractivity contribution in [3.63, 3.8) is 0 Å². The Morgan fingerprint density at radius 3 is 2.86 bits per heavy atom. The zero-order valence-corrected chi connectivity index (χ0v) is 12.5. The Bertz CT molecular complexity index is 627. The zero-order chi connectivity index (χ0) is 15.9. The summed E-state index contributed by atoms with van der Waals surface area (Å²) in [5, 5.41) is 16.4. The topological polar surface area (TPSA) is 85.6 Å². The van der Waals surface area contributed by atoms with Crippen LogP contribution < -0.4 is 14.8 Å². The van der Waals surface area contributed by atoms with Crippen molar-refractivity contribution >= 4 is 5.91 Å². The van der Waals surface area contributed by atoms with Gasteiger partial charge in [0.2, 0.25) is 0 Å². The summed E-state index contributed by atoms with van der Waals surface area (Å²) < 4.78 is 12.0. The Morgan fingerprint density at radius 2 is 2.18 bits per heavy atom. The van der Waals surface area contributed by atoms with Crippen molar-refractivity contribution < 1.29 is 19.4 Å². The minimum absolute atomic E-state index is 0.0683. The summed E-state index contributed by atoms with van der Waals surface area (Å²) >= 11 is 0. The van der Waals surface area contributed by atoms with E-state index >= 15 is 0 Å². The first-order chi connectivity index (χ1) is 10.6. The molecule has 0 aliphatic heterocycles. The number of aliphatic hydroxyl groups is 1. The van der Waals surface area contributed by atoms with Crippen LogP contribution in [0.1, 0.15) is 10.5 Å². The summed E-state index contributed by atoms with van der Waals surface area (Å²) in [5.74, 6) is 0.980. The molecule has 1 unspecified atom stereocenters. The van der Waals surface area contributed by atoms with Crippen LogP contribution in [0.5, 0.6) is 11.5 Å². The second-order valence-corrected chi connectivity index (χ2v) is 4.69. The van der Waals surface area contributed by atoms with Gasteiger partial charge in [-0.2, -0.15) is 5.10 Å². The SMILES string of the molecule is COc1cccc(OCC(O)CNC(=O)c2ccnn2C)c1. The van der Waals surface area contributed by atoms with Crippen molar-refractivity contribution in [1.82, 2.24) is 15.1 Å². The predicted molar refractivity (Wildman–Crippen MR) is 80.0 cm³/mol. The molecule has 1 heterocycles. The Labute approximate surface area is 128 Å². The Kier molecular flexibility index (Phi) is 5.37. The zero-order valence-electron chi connectivity index (χ0n) is 12.5. The lowest BCUT2D eigenvalue weighted by Crippen LogP contribution is -2.36. The molecule has 1 atom stereocenters. The second kappa shape index (κ2) is 7.46. The van der Waals surface area contributed by atoms with Crippen LogP contribution >= 0.6 is 0 Å². The van der Waals surface area contributed by atoms with Gasteiger partial charge in [0.15, 0.2) is 0 Å². The maximum absolute atomic E-state index is 11.8. The van der Waals surface area contributed by atoms with E-state index in [9.17, 15) is 9.90 Å². The van der Waals surface area contributed by atoms with Crippen LogP contribution in [-0.2, 0) is 7.05 Å². The molecule has 2 aromatic rings. The highest BCUT2D eigenvalue weighted by Gasteiger charge is 2.12. The molecule has 0 aliphatic carbocycles. The maximum atomic E-state index is 11.8. The third-order valence-electron chi connectivity index (χ3n) is 3.04. The number of carbonyl (C=O) groups excluding carboxylic acids is 1. The minimum atomic E-state index is -0.816. The molecule has 0 radical (unpaired) electrons. The first-order valence-corrected chi connectivity index (χ1v) is 6.81. The Balaban J connectivity index is 1.77. The van der Waals surface area contributed by atoms with Crippen LogP contribution in [0, 0.1) is 0 Å². The van der Waals surface area contributed by atoms with E-state index in [4.69, 9.17) is 9.47 Å². The van der Waals surface area contributed by atoms with E-state index in [1.807, 2.05) is 0 Å². The Hall–Kier alpha value is -2.54. The number of methoxy groups -OCH3 is 1. The van der Waals surface area contributed by atoms with Gasteiger partial charge in [0.1, 0.15) is 29.9 Å². The summed E-state index contributed by atoms with van der Waals surface area (Å²) in [6.45, 7) is 0.160. The highest BCUT2D eigenvalue weighted by molar-refractivity contribution is 5.92. The van der Waals surface area contributed by atoms with Crippen LogP contribution in [0.25, 0.3) is 0 Å². The number of amides is 1. The average Bonchev–Trinajstić information content (AvgIpc) is 2.97. The number of hydrogen-bond donors (Lipinski definition) is 2. The van der Waals surface area contributed by atoms with Gasteiger partial charge >= 0.3 is 0 Å². The van der Waals surface area contributed by atoms with Gasteiger partial charge in [-0.05, 0) is 18.2 Å². The largest absolute Gasteiger partial charge is 0.497 e. The average molecular weight is 305 g/mol. The number of ether oxygens (including phenoxy) is 2. The number of rotatable bonds is 7. The molecule has 2 N–H and O–H groups in total. The van der Waals surface area contributed by atoms with E-state index in [1.54, 1.807) is 44.5 Å². The Morgan fingerprint density at radius 1 is 1.41 bits per heavy atom. The van der Waals surface area contributed by atoms with Crippen molar-refractivity contribution in [2.75, 3.05) is 20.3 Å². The van der Waals surface area contributed by atoms with Crippen LogP contribution in [0.3, 0.4) is 0 Å². The van der Waals surface area contributed by atoms with E-state index in [0.717, 1.165) is 0 Å². The van der Waals surface area contributed by atoms with Gasteiger partial charge in [0.25, 0.3) is 5.91 Å². The number of hydrogen-bond acceptors (Lipinski definition) is 5. The normalized spacial score (nSPS) is 11.8. The molecule has 2 rings (SSSR count). The molecule has 7 nitrogen and oxygen atoms in total. The van der Waals surface area contributed by atoms with Gasteiger partial charge in [-0.15, -0.1) is 0 Å². The fourth-order valence-electron chi connectivity index (χ4n) is 1.84. The first kappa shape index (κ1) is 15.8. The summed E-state index contributed by atoms with van der Waals surface area (Å²) in [7, 11) is 3.25. The van der Waals surface area contributed by atoms with Crippen LogP contribution in [0.2, 0.25) is 0 Å². The molecule has 1 amide bonds. The molecule has 0 bridgehead atoms. The summed E-state index contributed by atoms with van der Waals surface area (Å²) in [4.78, 5) is 11.8. The molecule has 0 saturated heterocycles. The van der Waals surface area contributed by atoms with E-state index in [0.29, 0.717) is 17.2 Å². The summed E-state index contributed by atoms with van der Waals surface area (Å²) in [6.07, 6.45) is 0.723. The summed E-state index contributed by atoms with van der Waals surface area (Å²) in [6, 6.07) is 8.70. The highest BCUT2D eigenvalue weighted by atomic mass is 16.5. The maximum Gasteiger partial charge on any atom is 0.269 e. The van der Waals surface area contributed by atoms with Crippen molar-refractivity contribution in [2.24, 2.45) is 7.05 Å². The van der Waals surface area contributed by atoms with Crippen LogP contribution in [0.4, 0.5) is 0 Å². The van der Waals surface area contributed by atoms with Crippen molar-refractivity contribution in [3.8, 4) is 11.5 Å². The fourth-order valence-corrected chi connectivity index (χ4v) is 1.84. The number of nitrogens with one attached hydrogen (secondary N) is 1. The van der Waals surface area contributed by atoms with E-state index in [1.165, 1.54) is 10.9 Å². The van der Waals surface area contributed by atoms with Crippen molar-refractivity contribution in [2.45, 2.75) is 6.10 Å². The number of aromatic nitrogens is 2. The first-order valence-electron chi connectivity index (χ1n) is 6.81. The molecule has 22 heavy (non-hydrogen) atoms. The van der Waals surface area contributed by atoms with E-state index < -0.39 is 6.10 Å². The predicted octanol–water partition coefficient (Wildman–Crippen LogP) is 0.598. The highest BCUT2D eigenvalue weighted by Crippen LogP contribution is 2.18. The quantitative estimate of drug-likeness (QED) is 0.782. The number of aliphatic hydroxyl groups excluding tert-OH is 1. The number of carbonyl (C=O) groups is 1. The number of nitrogens with zero attached hydrogens (tertiary/aromatic N) is 2. The smallest absolute Gasteiger partial charge is 0.269 e. The third kappa shape index (κ3) is 4.23. The van der Waals surface area contributed by atoms with E-state index in [-0.39, 0.29) is 19.1 Å². The summed E-state index contributed by atoms with van der Waals surface area (Å²) in [5.41, 5.74) is 0.431. The van der Waals surface area contributed by atoms with Gasteiger partial charge in [0.05, 0.1) is 7.11 Å². The third-order valence-corrected chi connectivity index (χ3v) is 3.04. The molecule has 7 heteroatoms. The van der Waals surface area contributed by atoms with Gasteiger partial charge < -0.3 is 19.9 Å². The molecule has 0 spiro atoms. The van der Waals surface area contributed by atoms with Crippen LogP contribution in [0.15, 0.2) is 36.5 Å². The lowest BCUT2D eigenvalue weighted by Gasteiger charge is -2.13. The molecule has 0 saturated carbocycles. The standard InChI is InChI=1S/C15H19N3O4/c1-18-14(6-7-17-18)15(20)16-9-11(19)10-22-13-5-3-4-12(8-13)21-2/h3-8,11,19H,9-10H2,1-2H3,(H,16,20). The number of benzene rings is 1. The van der Waals surface area contributed by atoms with Crippen molar-refractivity contribution in [1.29, 1.82) is 0 Å². The lowest BCUT2D eigenvalue weighted by atomic mass is 10.3. The van der Waals surface area contributed by atoms with Gasteiger partial charge in [-0.1, -0.05) is 6.07 Å². The molecule has 1 aromatic carbocycles. The number of aryl methyl sites for hydroxylation is 1. The van der Waals surface area contributed by atoms with Crippen molar-refractivity contribution in [3.05, 3.63) is 42.2 Å². The van der Waals surface area contributed by atoms with Crippen LogP contribution in [-0.4, -0.2) is 47.2 Å².